The molecule has 1 N–H and O–H groups in total. The molecule has 1 saturated carbocycles. The van der Waals surface area contributed by atoms with Gasteiger partial charge in [0.15, 0.2) is 0 Å². The number of carbonyl (C=O) groups is 1. The van der Waals surface area contributed by atoms with Crippen LogP contribution in [0.3, 0.4) is 0 Å². The zero-order valence-corrected chi connectivity index (χ0v) is 17.4. The summed E-state index contributed by atoms with van der Waals surface area (Å²) in [6, 6.07) is 6.73. The van der Waals surface area contributed by atoms with Crippen LogP contribution in [0.2, 0.25) is 0 Å². The molecule has 1 amide bonds. The van der Waals surface area contributed by atoms with Gasteiger partial charge in [-0.05, 0) is 50.8 Å². The number of fused-ring (bicyclic) bond motifs is 3. The number of carbonyl (C=O) groups excluding carboxylic acids is 1. The van der Waals surface area contributed by atoms with Crippen LogP contribution in [0.1, 0.15) is 44.5 Å². The van der Waals surface area contributed by atoms with Crippen molar-refractivity contribution in [3.63, 3.8) is 0 Å². The van der Waals surface area contributed by atoms with Crippen molar-refractivity contribution in [1.82, 2.24) is 19.9 Å². The number of ether oxygens (including phenoxy) is 1. The van der Waals surface area contributed by atoms with Gasteiger partial charge in [0.1, 0.15) is 11.3 Å². The van der Waals surface area contributed by atoms with Gasteiger partial charge in [0.05, 0.1) is 29.8 Å². The second kappa shape index (κ2) is 7.12. The number of imidazole rings is 1. The zero-order valence-electron chi connectivity index (χ0n) is 15.8. The molecule has 2 aromatic heterocycles. The lowest BCUT2D eigenvalue weighted by Crippen LogP contribution is -2.30. The average molecular weight is 443 g/mol. The van der Waals surface area contributed by atoms with Crippen LogP contribution < -0.4 is 5.32 Å². The van der Waals surface area contributed by atoms with Gasteiger partial charge in [-0.3, -0.25) is 9.78 Å². The van der Waals surface area contributed by atoms with Gasteiger partial charge in [0.25, 0.3) is 0 Å². The Bertz CT molecular complexity index is 1060. The Balaban J connectivity index is 1.66. The number of aromatic nitrogens is 3. The van der Waals surface area contributed by atoms with E-state index in [2.05, 4.69) is 43.8 Å². The topological polar surface area (TPSA) is 69.0 Å². The summed E-state index contributed by atoms with van der Waals surface area (Å²) in [4.78, 5) is 22.0. The van der Waals surface area contributed by atoms with Crippen LogP contribution in [0.4, 0.5) is 0 Å². The molecular weight excluding hydrogens is 420 g/mol. The molecule has 3 heterocycles. The van der Waals surface area contributed by atoms with Gasteiger partial charge in [-0.2, -0.15) is 0 Å². The fourth-order valence-corrected chi connectivity index (χ4v) is 4.54. The van der Waals surface area contributed by atoms with Gasteiger partial charge < -0.3 is 14.6 Å². The van der Waals surface area contributed by atoms with E-state index in [0.29, 0.717) is 12.5 Å². The predicted molar refractivity (Wildman–Crippen MR) is 111 cm³/mol. The van der Waals surface area contributed by atoms with E-state index in [9.17, 15) is 4.79 Å². The number of nitrogens with zero attached hydrogens (tertiary/aromatic N) is 3. The van der Waals surface area contributed by atoms with E-state index in [-0.39, 0.29) is 18.1 Å². The molecule has 2 atom stereocenters. The lowest BCUT2D eigenvalue weighted by molar-refractivity contribution is -0.120. The summed E-state index contributed by atoms with van der Waals surface area (Å²) in [5.41, 5.74) is 2.85. The molecule has 1 saturated heterocycles. The summed E-state index contributed by atoms with van der Waals surface area (Å²) in [7, 11) is 0. The lowest BCUT2D eigenvalue weighted by atomic mass is 10.0. The Morgan fingerprint density at radius 1 is 1.32 bits per heavy atom. The highest BCUT2D eigenvalue weighted by Gasteiger charge is 2.28. The molecular formula is C21H23BrN4O2. The monoisotopic (exact) mass is 442 g/mol. The van der Waals surface area contributed by atoms with Gasteiger partial charge in [0.2, 0.25) is 5.91 Å². The Hall–Kier alpha value is -1.99. The number of hydrogen-bond donors (Lipinski definition) is 1. The minimum Gasteiger partial charge on any atom is -0.378 e. The maximum absolute atomic E-state index is 12.5. The van der Waals surface area contributed by atoms with E-state index in [1.165, 1.54) is 0 Å². The first-order valence-corrected chi connectivity index (χ1v) is 10.7. The molecule has 1 aliphatic carbocycles. The number of hydrogen-bond acceptors (Lipinski definition) is 4. The van der Waals surface area contributed by atoms with E-state index in [1.54, 1.807) is 0 Å². The Morgan fingerprint density at radius 2 is 2.18 bits per heavy atom. The predicted octanol–water partition coefficient (Wildman–Crippen LogP) is 3.91. The van der Waals surface area contributed by atoms with Crippen molar-refractivity contribution in [3.05, 3.63) is 34.7 Å². The van der Waals surface area contributed by atoms with Gasteiger partial charge in [-0.15, -0.1) is 0 Å². The van der Waals surface area contributed by atoms with E-state index in [1.807, 2.05) is 18.3 Å². The maximum Gasteiger partial charge on any atom is 0.227 e. The first kappa shape index (κ1) is 18.1. The summed E-state index contributed by atoms with van der Waals surface area (Å²) in [5.74, 6) is 0.874. The van der Waals surface area contributed by atoms with Crippen molar-refractivity contribution in [2.45, 2.75) is 57.2 Å². The molecule has 0 bridgehead atoms. The molecule has 6 nitrogen and oxygen atoms in total. The lowest BCUT2D eigenvalue weighted by Gasteiger charge is -2.30. The van der Waals surface area contributed by atoms with Crippen molar-refractivity contribution >= 4 is 43.8 Å². The van der Waals surface area contributed by atoms with Gasteiger partial charge in [0, 0.05) is 28.5 Å². The number of pyridine rings is 1. The molecule has 0 unspecified atom stereocenters. The Morgan fingerprint density at radius 3 is 2.96 bits per heavy atom. The molecule has 2 aliphatic rings. The maximum atomic E-state index is 12.5. The number of amides is 1. The van der Waals surface area contributed by atoms with Crippen LogP contribution in [-0.4, -0.2) is 39.2 Å². The highest BCUT2D eigenvalue weighted by Crippen LogP contribution is 2.34. The minimum atomic E-state index is 0.0533. The molecule has 0 spiro atoms. The summed E-state index contributed by atoms with van der Waals surface area (Å²) in [6.07, 6.45) is 6.33. The summed E-state index contributed by atoms with van der Waals surface area (Å²) < 4.78 is 9.07. The average Bonchev–Trinajstić information content (AvgIpc) is 3.39. The highest BCUT2D eigenvalue weighted by atomic mass is 79.9. The largest absolute Gasteiger partial charge is 0.378 e. The van der Waals surface area contributed by atoms with Crippen LogP contribution in [0.15, 0.2) is 28.9 Å². The fraction of sp³-hybridized carbons (Fsp3) is 0.476. The third-order valence-corrected chi connectivity index (χ3v) is 6.13. The second-order valence-corrected chi connectivity index (χ2v) is 8.85. The van der Waals surface area contributed by atoms with E-state index < -0.39 is 0 Å². The van der Waals surface area contributed by atoms with Crippen molar-refractivity contribution < 1.29 is 9.53 Å². The standard InChI is InChI=1S/C21H23BrN4O2/c1-12-8-15(6-7-28-12)26-19(10-20(27)24-14-3-4-14)25-18-11-23-17-5-2-13(22)9-16(17)21(18)26/h2,5,9,11-12,14-15H,3-4,6-8,10H2,1H3,(H,24,27)/t12-,15-/m1/s1. The normalized spacial score (nSPS) is 22.6. The third kappa shape index (κ3) is 3.42. The molecule has 0 radical (unpaired) electrons. The van der Waals surface area contributed by atoms with Crippen molar-refractivity contribution in [1.29, 1.82) is 0 Å². The molecule has 5 rings (SSSR count). The van der Waals surface area contributed by atoms with Gasteiger partial charge >= 0.3 is 0 Å². The zero-order chi connectivity index (χ0) is 19.3. The second-order valence-electron chi connectivity index (χ2n) is 7.93. The summed E-state index contributed by atoms with van der Waals surface area (Å²) in [6.45, 7) is 2.84. The molecule has 3 aromatic rings. The fourth-order valence-electron chi connectivity index (χ4n) is 4.17. The number of rotatable bonds is 4. The van der Waals surface area contributed by atoms with Crippen molar-refractivity contribution in [3.8, 4) is 0 Å². The van der Waals surface area contributed by atoms with Crippen LogP contribution in [0.25, 0.3) is 21.9 Å². The number of halogens is 1. The molecule has 1 aliphatic heterocycles. The van der Waals surface area contributed by atoms with Gasteiger partial charge in [-0.25, -0.2) is 4.98 Å². The van der Waals surface area contributed by atoms with Crippen LogP contribution >= 0.6 is 15.9 Å². The van der Waals surface area contributed by atoms with Gasteiger partial charge in [-0.1, -0.05) is 15.9 Å². The first-order valence-electron chi connectivity index (χ1n) is 9.94. The smallest absolute Gasteiger partial charge is 0.227 e. The highest BCUT2D eigenvalue weighted by molar-refractivity contribution is 9.10. The van der Waals surface area contributed by atoms with Crippen LogP contribution in [0.5, 0.6) is 0 Å². The summed E-state index contributed by atoms with van der Waals surface area (Å²) in [5, 5.41) is 4.15. The van der Waals surface area contributed by atoms with E-state index >= 15 is 0 Å². The first-order chi connectivity index (χ1) is 13.6. The van der Waals surface area contributed by atoms with Crippen LogP contribution in [-0.2, 0) is 16.0 Å². The summed E-state index contributed by atoms with van der Waals surface area (Å²) >= 11 is 3.59. The van der Waals surface area contributed by atoms with Crippen molar-refractivity contribution in [2.75, 3.05) is 6.61 Å². The molecule has 7 heteroatoms. The third-order valence-electron chi connectivity index (χ3n) is 5.63. The van der Waals surface area contributed by atoms with Crippen molar-refractivity contribution in [2.24, 2.45) is 0 Å². The SMILES string of the molecule is C[C@@H]1C[C@H](n2c(CC(=O)NC3CC3)nc3cnc4ccc(Br)cc4c32)CCO1. The Labute approximate surface area is 171 Å². The van der Waals surface area contributed by atoms with E-state index in [0.717, 1.165) is 64.5 Å². The minimum absolute atomic E-state index is 0.0533. The quantitative estimate of drug-likeness (QED) is 0.664. The number of nitrogens with one attached hydrogen (secondary N) is 1. The number of benzene rings is 1. The van der Waals surface area contributed by atoms with Crippen LogP contribution in [0, 0.1) is 0 Å². The molecule has 2 fully saturated rings. The molecule has 28 heavy (non-hydrogen) atoms. The molecule has 1 aromatic carbocycles. The van der Waals surface area contributed by atoms with E-state index in [4.69, 9.17) is 9.72 Å². The molecule has 146 valence electrons. The Kier molecular flexibility index (Phi) is 4.59.